The van der Waals surface area contributed by atoms with Crippen LogP contribution in [0.3, 0.4) is 0 Å². The van der Waals surface area contributed by atoms with Crippen LogP contribution < -0.4 is 16.4 Å². The van der Waals surface area contributed by atoms with E-state index < -0.39 is 30.5 Å². The molecule has 0 heterocycles. The van der Waals surface area contributed by atoms with Crippen molar-refractivity contribution in [1.82, 2.24) is 10.6 Å². The number of nitrogens with two attached hydrogens (primary N) is 1. The van der Waals surface area contributed by atoms with Gasteiger partial charge in [-0.3, -0.25) is 9.59 Å². The Morgan fingerprint density at radius 2 is 1.94 bits per heavy atom. The molecule has 0 aliphatic rings. The number of aliphatic hydroxyl groups is 1. The summed E-state index contributed by atoms with van der Waals surface area (Å²) < 4.78 is 0. The Balaban J connectivity index is 4.34. The van der Waals surface area contributed by atoms with Gasteiger partial charge in [-0.05, 0) is 5.92 Å². The van der Waals surface area contributed by atoms with E-state index in [4.69, 9.17) is 10.8 Å². The van der Waals surface area contributed by atoms with Crippen LogP contribution >= 0.6 is 0 Å². The van der Waals surface area contributed by atoms with Gasteiger partial charge in [0.25, 0.3) is 0 Å². The molecule has 0 aliphatic carbocycles. The second-order valence-corrected chi connectivity index (χ2v) is 3.93. The van der Waals surface area contributed by atoms with Gasteiger partial charge in [0.2, 0.25) is 11.8 Å². The van der Waals surface area contributed by atoms with Gasteiger partial charge >= 0.3 is 0 Å². The third-order valence-corrected chi connectivity index (χ3v) is 2.20. The first kappa shape index (κ1) is 15.5. The van der Waals surface area contributed by atoms with Crippen LogP contribution in [0, 0.1) is 5.92 Å². The number of rotatable bonds is 7. The van der Waals surface area contributed by atoms with Gasteiger partial charge in [-0.2, -0.15) is 0 Å². The summed E-state index contributed by atoms with van der Waals surface area (Å²) in [7, 11) is 0. The van der Waals surface area contributed by atoms with E-state index in [1.807, 2.05) is 0 Å². The lowest BCUT2D eigenvalue weighted by Gasteiger charge is -2.20. The lowest BCUT2D eigenvalue weighted by Crippen LogP contribution is -2.54. The summed E-state index contributed by atoms with van der Waals surface area (Å²) >= 11 is 0. The molecule has 2 amide bonds. The largest absolute Gasteiger partial charge is 0.394 e. The quantitative estimate of drug-likeness (QED) is 0.378. The van der Waals surface area contributed by atoms with Crippen LogP contribution in [0.25, 0.3) is 0 Å². The fraction of sp³-hybridized carbons (Fsp3) is 0.700. The lowest BCUT2D eigenvalue weighted by molar-refractivity contribution is -0.131. The molecule has 0 bridgehead atoms. The zero-order valence-electron chi connectivity index (χ0n) is 9.97. The fourth-order valence-corrected chi connectivity index (χ4v) is 1.03. The molecule has 17 heavy (non-hydrogen) atoms. The smallest absolute Gasteiger partial charge is 0.245 e. The molecule has 2 unspecified atom stereocenters. The number of amides is 2. The summed E-state index contributed by atoms with van der Waals surface area (Å²) in [6.45, 7) is 2.82. The van der Waals surface area contributed by atoms with Crippen molar-refractivity contribution in [3.63, 3.8) is 0 Å². The molecule has 5 N–H and O–H groups in total. The van der Waals surface area contributed by atoms with E-state index in [1.165, 1.54) is 0 Å². The van der Waals surface area contributed by atoms with Crippen molar-refractivity contribution in [2.24, 2.45) is 11.7 Å². The molecule has 0 saturated carbocycles. The van der Waals surface area contributed by atoms with Crippen molar-refractivity contribution >= 4 is 18.1 Å². The van der Waals surface area contributed by atoms with Gasteiger partial charge in [0.05, 0.1) is 19.2 Å². The molecule has 0 aliphatic heterocycles. The summed E-state index contributed by atoms with van der Waals surface area (Å²) in [5.74, 6) is -1.21. The Morgan fingerprint density at radius 1 is 1.35 bits per heavy atom. The molecule has 0 fully saturated rings. The lowest BCUT2D eigenvalue weighted by atomic mass is 10.0. The van der Waals surface area contributed by atoms with Gasteiger partial charge in [-0.15, -0.1) is 0 Å². The number of nitrogens with one attached hydrogen (secondary N) is 2. The molecule has 7 heteroatoms. The number of carbonyl (C=O) groups is 3. The maximum absolute atomic E-state index is 11.5. The van der Waals surface area contributed by atoms with Gasteiger partial charge in [-0.1, -0.05) is 13.8 Å². The predicted molar refractivity (Wildman–Crippen MR) is 60.9 cm³/mol. The molecule has 0 aromatic carbocycles. The van der Waals surface area contributed by atoms with Crippen molar-refractivity contribution in [2.75, 3.05) is 13.2 Å². The molecule has 0 spiro atoms. The Labute approximate surface area is 99.7 Å². The fourth-order valence-electron chi connectivity index (χ4n) is 1.03. The van der Waals surface area contributed by atoms with Gasteiger partial charge in [0.15, 0.2) is 0 Å². The van der Waals surface area contributed by atoms with Crippen LogP contribution in [0.2, 0.25) is 0 Å². The summed E-state index contributed by atoms with van der Waals surface area (Å²) in [6.07, 6.45) is 0.508. The number of carbonyl (C=O) groups excluding carboxylic acids is 3. The number of aldehydes is 1. The second kappa shape index (κ2) is 7.75. The Morgan fingerprint density at radius 3 is 2.35 bits per heavy atom. The van der Waals surface area contributed by atoms with Crippen LogP contribution in [0.1, 0.15) is 13.8 Å². The van der Waals surface area contributed by atoms with E-state index in [9.17, 15) is 14.4 Å². The topological polar surface area (TPSA) is 122 Å². The van der Waals surface area contributed by atoms with Crippen molar-refractivity contribution in [1.29, 1.82) is 0 Å². The Hall–Kier alpha value is -1.47. The van der Waals surface area contributed by atoms with Gasteiger partial charge in [0.1, 0.15) is 12.3 Å². The second-order valence-electron chi connectivity index (χ2n) is 3.93. The standard InChI is InChI=1S/C10H19N3O4/c1-6(2)8(11)10(17)13-7(5-15)9(16)12-3-4-14/h4,6-8,15H,3,5,11H2,1-2H3,(H,12,16)(H,13,17). The summed E-state index contributed by atoms with van der Waals surface area (Å²) in [5, 5.41) is 13.5. The predicted octanol–water partition coefficient (Wildman–Crippen LogP) is -2.24. The summed E-state index contributed by atoms with van der Waals surface area (Å²) in [6, 6.07) is -1.84. The highest BCUT2D eigenvalue weighted by Gasteiger charge is 2.24. The summed E-state index contributed by atoms with van der Waals surface area (Å²) in [5.41, 5.74) is 5.58. The molecule has 0 aromatic rings. The van der Waals surface area contributed by atoms with E-state index >= 15 is 0 Å². The van der Waals surface area contributed by atoms with E-state index in [-0.39, 0.29) is 12.5 Å². The molecule has 2 atom stereocenters. The highest BCUT2D eigenvalue weighted by Crippen LogP contribution is 1.98. The number of aliphatic hydroxyl groups excluding tert-OH is 1. The minimum absolute atomic E-state index is 0.0765. The molecular weight excluding hydrogens is 226 g/mol. The molecule has 0 rings (SSSR count). The van der Waals surface area contributed by atoms with Crippen LogP contribution in [-0.4, -0.2) is 48.4 Å². The summed E-state index contributed by atoms with van der Waals surface area (Å²) in [4.78, 5) is 33.0. The molecule has 7 nitrogen and oxygen atoms in total. The first-order chi connectivity index (χ1) is 7.93. The van der Waals surface area contributed by atoms with Crippen LogP contribution in [-0.2, 0) is 14.4 Å². The Bertz CT molecular complexity index is 281. The monoisotopic (exact) mass is 245 g/mol. The minimum atomic E-state index is -1.09. The van der Waals surface area contributed by atoms with Crippen molar-refractivity contribution < 1.29 is 19.5 Å². The van der Waals surface area contributed by atoms with Crippen molar-refractivity contribution in [3.8, 4) is 0 Å². The zero-order chi connectivity index (χ0) is 13.4. The minimum Gasteiger partial charge on any atom is -0.394 e. The normalized spacial score (nSPS) is 13.9. The average molecular weight is 245 g/mol. The van der Waals surface area contributed by atoms with E-state index in [0.717, 1.165) is 0 Å². The highest BCUT2D eigenvalue weighted by molar-refractivity contribution is 5.90. The number of hydrogen-bond acceptors (Lipinski definition) is 5. The zero-order valence-corrected chi connectivity index (χ0v) is 9.97. The van der Waals surface area contributed by atoms with Gasteiger partial charge < -0.3 is 26.3 Å². The maximum Gasteiger partial charge on any atom is 0.245 e. The first-order valence-electron chi connectivity index (χ1n) is 5.32. The highest BCUT2D eigenvalue weighted by atomic mass is 16.3. The number of hydrogen-bond donors (Lipinski definition) is 4. The molecular formula is C10H19N3O4. The van der Waals surface area contributed by atoms with Gasteiger partial charge in [-0.25, -0.2) is 0 Å². The molecule has 0 saturated heterocycles. The van der Waals surface area contributed by atoms with Gasteiger partial charge in [0, 0.05) is 0 Å². The van der Waals surface area contributed by atoms with E-state index in [1.54, 1.807) is 13.8 Å². The van der Waals surface area contributed by atoms with Crippen LogP contribution in [0.4, 0.5) is 0 Å². The third-order valence-electron chi connectivity index (χ3n) is 2.20. The van der Waals surface area contributed by atoms with Crippen LogP contribution in [0.5, 0.6) is 0 Å². The Kier molecular flexibility index (Phi) is 7.08. The molecule has 0 aromatic heterocycles. The maximum atomic E-state index is 11.5. The van der Waals surface area contributed by atoms with Crippen LogP contribution in [0.15, 0.2) is 0 Å². The third kappa shape index (κ3) is 5.41. The van der Waals surface area contributed by atoms with Crippen molar-refractivity contribution in [3.05, 3.63) is 0 Å². The van der Waals surface area contributed by atoms with E-state index in [2.05, 4.69) is 10.6 Å². The first-order valence-corrected chi connectivity index (χ1v) is 5.32. The molecule has 98 valence electrons. The average Bonchev–Trinajstić information content (AvgIpc) is 2.31. The van der Waals surface area contributed by atoms with Crippen molar-refractivity contribution in [2.45, 2.75) is 25.9 Å². The SMILES string of the molecule is CC(C)C(N)C(=O)NC(CO)C(=O)NCC=O. The molecule has 0 radical (unpaired) electrons. The van der Waals surface area contributed by atoms with E-state index in [0.29, 0.717) is 6.29 Å².